The van der Waals surface area contributed by atoms with Crippen molar-refractivity contribution < 1.29 is 19.3 Å². The van der Waals surface area contributed by atoms with Crippen molar-refractivity contribution in [2.75, 3.05) is 0 Å². The lowest BCUT2D eigenvalue weighted by Crippen LogP contribution is -2.59. The maximum absolute atomic E-state index is 12.8. The quantitative estimate of drug-likeness (QED) is 0.623. The molecule has 134 valence electrons. The summed E-state index contributed by atoms with van der Waals surface area (Å²) in [5.74, 6) is 0.0166. The molecule has 0 aliphatic rings. The van der Waals surface area contributed by atoms with Crippen molar-refractivity contribution >= 4 is 10.0 Å². The molecule has 0 saturated carbocycles. The van der Waals surface area contributed by atoms with Crippen LogP contribution in [0.2, 0.25) is 0 Å². The van der Waals surface area contributed by atoms with Gasteiger partial charge in [0.05, 0.1) is 4.90 Å². The van der Waals surface area contributed by atoms with E-state index in [0.29, 0.717) is 0 Å². The third kappa shape index (κ3) is 4.11. The van der Waals surface area contributed by atoms with Gasteiger partial charge in [-0.25, -0.2) is 8.42 Å². The van der Waals surface area contributed by atoms with E-state index in [1.54, 1.807) is 0 Å². The maximum atomic E-state index is 12.8. The van der Waals surface area contributed by atoms with Crippen LogP contribution in [0.1, 0.15) is 23.2 Å². The van der Waals surface area contributed by atoms with Crippen molar-refractivity contribution in [2.45, 2.75) is 17.0 Å². The number of phenolic OH excluding ortho intramolecular Hbond substituents is 1. The Balaban J connectivity index is 1.97. The summed E-state index contributed by atoms with van der Waals surface area (Å²) in [6.07, 6.45) is 0. The van der Waals surface area contributed by atoms with Crippen LogP contribution in [-0.4, -0.2) is 13.5 Å². The SMILES string of the molecule is [NH3+][C@H](c1ccccc1)[C@@H](NS(=O)(=O)c1ccc(O)cc1)c1ccccc1. The zero-order chi connectivity index (χ0) is 18.6. The summed E-state index contributed by atoms with van der Waals surface area (Å²) in [4.78, 5) is 0.0940. The molecule has 0 spiro atoms. The Hall–Kier alpha value is -2.67. The zero-order valence-electron chi connectivity index (χ0n) is 14.1. The van der Waals surface area contributed by atoms with E-state index < -0.39 is 16.1 Å². The highest BCUT2D eigenvalue weighted by Gasteiger charge is 2.29. The van der Waals surface area contributed by atoms with E-state index in [4.69, 9.17) is 0 Å². The molecular formula is C20H21N2O3S+. The largest absolute Gasteiger partial charge is 0.508 e. The Morgan fingerprint density at radius 1 is 0.769 bits per heavy atom. The van der Waals surface area contributed by atoms with Crippen LogP contribution < -0.4 is 10.5 Å². The van der Waals surface area contributed by atoms with Crippen molar-refractivity contribution in [2.24, 2.45) is 0 Å². The Kier molecular flexibility index (Phi) is 5.37. The summed E-state index contributed by atoms with van der Waals surface area (Å²) < 4.78 is 28.5. The Labute approximate surface area is 153 Å². The standard InChI is InChI=1S/C20H20N2O3S/c21-19(15-7-3-1-4-8-15)20(16-9-5-2-6-10-16)22-26(24,25)18-13-11-17(23)12-14-18/h1-14,19-20,22-23H,21H2/p+1/t19-,20+/m1/s1. The van der Waals surface area contributed by atoms with E-state index >= 15 is 0 Å². The van der Waals surface area contributed by atoms with Gasteiger partial charge in [0, 0.05) is 5.56 Å². The molecule has 0 saturated heterocycles. The third-order valence-electron chi connectivity index (χ3n) is 4.22. The molecule has 2 atom stereocenters. The van der Waals surface area contributed by atoms with Crippen LogP contribution in [0.5, 0.6) is 5.75 Å². The van der Waals surface area contributed by atoms with Gasteiger partial charge in [-0.2, -0.15) is 4.72 Å². The normalized spacial score (nSPS) is 13.9. The van der Waals surface area contributed by atoms with E-state index in [-0.39, 0.29) is 16.7 Å². The molecule has 0 fully saturated rings. The molecular weight excluding hydrogens is 348 g/mol. The fourth-order valence-electron chi connectivity index (χ4n) is 2.80. The van der Waals surface area contributed by atoms with Gasteiger partial charge in [-0.1, -0.05) is 60.7 Å². The van der Waals surface area contributed by atoms with Crippen LogP contribution in [0.4, 0.5) is 0 Å². The molecule has 0 radical (unpaired) electrons. The van der Waals surface area contributed by atoms with Gasteiger partial charge >= 0.3 is 0 Å². The Bertz CT molecular complexity index is 943. The van der Waals surface area contributed by atoms with Gasteiger partial charge in [0.2, 0.25) is 10.0 Å². The highest BCUT2D eigenvalue weighted by molar-refractivity contribution is 7.89. The Morgan fingerprint density at radius 3 is 1.81 bits per heavy atom. The predicted octanol–water partition coefficient (Wildman–Crippen LogP) is 2.40. The summed E-state index contributed by atoms with van der Waals surface area (Å²) in [5, 5.41) is 9.39. The minimum atomic E-state index is -3.78. The molecule has 26 heavy (non-hydrogen) atoms. The first-order valence-corrected chi connectivity index (χ1v) is 9.70. The molecule has 3 rings (SSSR count). The van der Waals surface area contributed by atoms with Crippen LogP contribution >= 0.6 is 0 Å². The summed E-state index contributed by atoms with van der Waals surface area (Å²) in [6, 6.07) is 23.6. The highest BCUT2D eigenvalue weighted by atomic mass is 32.2. The lowest BCUT2D eigenvalue weighted by Gasteiger charge is -2.23. The van der Waals surface area contributed by atoms with Gasteiger partial charge < -0.3 is 10.8 Å². The summed E-state index contributed by atoms with van der Waals surface area (Å²) >= 11 is 0. The third-order valence-corrected chi connectivity index (χ3v) is 5.67. The lowest BCUT2D eigenvalue weighted by molar-refractivity contribution is -0.433. The molecule has 0 aliphatic carbocycles. The monoisotopic (exact) mass is 369 g/mol. The van der Waals surface area contributed by atoms with Crippen LogP contribution in [0.15, 0.2) is 89.8 Å². The van der Waals surface area contributed by atoms with Crippen molar-refractivity contribution in [3.05, 3.63) is 96.1 Å². The van der Waals surface area contributed by atoms with Crippen molar-refractivity contribution in [1.29, 1.82) is 0 Å². The summed E-state index contributed by atoms with van der Waals surface area (Å²) in [5.41, 5.74) is 5.98. The molecule has 0 aliphatic heterocycles. The van der Waals surface area contributed by atoms with Gasteiger partial charge in [-0.15, -0.1) is 0 Å². The smallest absolute Gasteiger partial charge is 0.241 e. The van der Waals surface area contributed by atoms with Crippen LogP contribution in [0.25, 0.3) is 0 Å². The van der Waals surface area contributed by atoms with Gasteiger partial charge in [-0.05, 0) is 29.8 Å². The van der Waals surface area contributed by atoms with E-state index in [1.165, 1.54) is 24.3 Å². The number of nitrogens with one attached hydrogen (secondary N) is 1. The van der Waals surface area contributed by atoms with Gasteiger partial charge in [0.15, 0.2) is 0 Å². The lowest BCUT2D eigenvalue weighted by atomic mass is 9.95. The number of rotatable bonds is 6. The van der Waals surface area contributed by atoms with Crippen LogP contribution in [0, 0.1) is 0 Å². The molecule has 0 aromatic heterocycles. The fourth-order valence-corrected chi connectivity index (χ4v) is 4.06. The van der Waals surface area contributed by atoms with Gasteiger partial charge in [-0.3, -0.25) is 0 Å². The van der Waals surface area contributed by atoms with E-state index in [2.05, 4.69) is 10.5 Å². The number of hydrogen-bond acceptors (Lipinski definition) is 3. The van der Waals surface area contributed by atoms with Crippen LogP contribution in [0.3, 0.4) is 0 Å². The predicted molar refractivity (Wildman–Crippen MR) is 99.7 cm³/mol. The van der Waals surface area contributed by atoms with E-state index in [1.807, 2.05) is 60.7 Å². The zero-order valence-corrected chi connectivity index (χ0v) is 14.9. The second-order valence-corrected chi connectivity index (χ2v) is 7.73. The topological polar surface area (TPSA) is 94.0 Å². The van der Waals surface area contributed by atoms with Gasteiger partial charge in [0.1, 0.15) is 17.8 Å². The number of phenols is 1. The van der Waals surface area contributed by atoms with Crippen LogP contribution in [-0.2, 0) is 10.0 Å². The number of aromatic hydroxyl groups is 1. The number of quaternary nitrogens is 1. The second-order valence-electron chi connectivity index (χ2n) is 6.02. The van der Waals surface area contributed by atoms with E-state index in [0.717, 1.165) is 11.1 Å². The number of hydrogen-bond donors (Lipinski definition) is 3. The molecule has 0 amide bonds. The minimum absolute atomic E-state index is 0.0166. The average Bonchev–Trinajstić information content (AvgIpc) is 2.67. The van der Waals surface area contributed by atoms with E-state index in [9.17, 15) is 13.5 Å². The molecule has 3 aromatic carbocycles. The van der Waals surface area contributed by atoms with Crippen molar-refractivity contribution in [3.63, 3.8) is 0 Å². The molecule has 6 heteroatoms. The molecule has 0 unspecified atom stereocenters. The van der Waals surface area contributed by atoms with Gasteiger partial charge in [0.25, 0.3) is 0 Å². The summed E-state index contributed by atoms with van der Waals surface area (Å²) in [7, 11) is -3.78. The second kappa shape index (κ2) is 7.70. The first kappa shape index (κ1) is 18.1. The maximum Gasteiger partial charge on any atom is 0.241 e. The molecule has 5 nitrogen and oxygen atoms in total. The summed E-state index contributed by atoms with van der Waals surface area (Å²) in [6.45, 7) is 0. The molecule has 0 bridgehead atoms. The molecule has 5 N–H and O–H groups in total. The first-order valence-electron chi connectivity index (χ1n) is 8.22. The van der Waals surface area contributed by atoms with Crippen molar-refractivity contribution in [3.8, 4) is 5.75 Å². The Morgan fingerprint density at radius 2 is 1.27 bits per heavy atom. The first-order chi connectivity index (χ1) is 12.5. The minimum Gasteiger partial charge on any atom is -0.508 e. The van der Waals surface area contributed by atoms with Crippen molar-refractivity contribution in [1.82, 2.24) is 4.72 Å². The molecule has 3 aromatic rings. The average molecular weight is 369 g/mol. The number of benzene rings is 3. The molecule has 0 heterocycles. The number of sulfonamides is 1. The highest BCUT2D eigenvalue weighted by Crippen LogP contribution is 2.27. The fraction of sp³-hybridized carbons (Fsp3) is 0.100.